The minimum absolute atomic E-state index is 0.0180. The number of nitrogens with zero attached hydrogens (tertiary/aromatic N) is 9. The van der Waals surface area contributed by atoms with Gasteiger partial charge in [-0.15, -0.1) is 6.42 Å². The van der Waals surface area contributed by atoms with E-state index < -0.39 is 79.1 Å². The molecule has 520 valence electrons. The summed E-state index contributed by atoms with van der Waals surface area (Å²) in [6.07, 6.45) is 8.62. The lowest BCUT2D eigenvalue weighted by Gasteiger charge is -2.35. The molecule has 0 aliphatic carbocycles. The number of aliphatic imine (C=N–C) groups is 1. The number of benzene rings is 2. The van der Waals surface area contributed by atoms with Crippen molar-refractivity contribution in [3.63, 3.8) is 0 Å². The molecule has 1 unspecified atom stereocenters. The third kappa shape index (κ3) is 27.4. The highest BCUT2D eigenvalue weighted by Crippen LogP contribution is 2.32. The highest BCUT2D eigenvalue weighted by molar-refractivity contribution is 7.99. The van der Waals surface area contributed by atoms with E-state index in [9.17, 15) is 62.1 Å². The van der Waals surface area contributed by atoms with Gasteiger partial charge in [0.25, 0.3) is 30.7 Å². The summed E-state index contributed by atoms with van der Waals surface area (Å²) >= 11 is 1.29. The maximum absolute atomic E-state index is 14.0. The minimum atomic E-state index is -3.11. The summed E-state index contributed by atoms with van der Waals surface area (Å²) in [6.45, 7) is 8.73. The second-order valence-electron chi connectivity index (χ2n) is 23.7. The van der Waals surface area contributed by atoms with Gasteiger partial charge in [0.15, 0.2) is 0 Å². The molecule has 4 heterocycles. The number of amidine groups is 1. The van der Waals surface area contributed by atoms with Crippen LogP contribution in [0.4, 0.5) is 8.78 Å². The zero-order valence-electron chi connectivity index (χ0n) is 54.3. The third-order valence-electron chi connectivity index (χ3n) is 16.3. The van der Waals surface area contributed by atoms with Crippen LogP contribution in [0.3, 0.4) is 0 Å². The van der Waals surface area contributed by atoms with Crippen molar-refractivity contribution < 1.29 is 76.4 Å². The largest absolute Gasteiger partial charge is 0.494 e. The van der Waals surface area contributed by atoms with Gasteiger partial charge in [-0.3, -0.25) is 77.6 Å². The molecular formula is C65H91F2N13O14S. The lowest BCUT2D eigenvalue weighted by atomic mass is 10.1. The SMILES string of the molecule is C#C[C@H]1CC(F)(F)CN1C(=O)CNC(=O)c1ccnc2ccc(OCCCN3CCN(C(=O)[C@H](O)CSCCNC(=O)C(CCCCN=C(C)NC(=O)CCCc4ccc(C)cc4)NC(=O)CN4CCN(COC=O)CCN(COC=O)CCN(CC(=O)O)CC4)CC3)cc12. The van der Waals surface area contributed by atoms with Crippen LogP contribution in [0.25, 0.3) is 10.9 Å². The van der Waals surface area contributed by atoms with Gasteiger partial charge in [0.2, 0.25) is 23.6 Å². The lowest BCUT2D eigenvalue weighted by molar-refractivity contribution is -0.141. The molecular weight excluding hydrogens is 1260 g/mol. The first-order valence-corrected chi connectivity index (χ1v) is 33.2. The molecule has 1 aromatic heterocycles. The smallest absolute Gasteiger partial charge is 0.317 e. The van der Waals surface area contributed by atoms with Crippen molar-refractivity contribution in [3.05, 3.63) is 71.4 Å². The first-order chi connectivity index (χ1) is 45.7. The predicted octanol–water partition coefficient (Wildman–Crippen LogP) is 1.05. The number of hydrogen-bond donors (Lipinski definition) is 6. The van der Waals surface area contributed by atoms with E-state index in [4.69, 9.17) is 20.6 Å². The van der Waals surface area contributed by atoms with E-state index in [2.05, 4.69) is 54.2 Å². The Morgan fingerprint density at radius 2 is 1.47 bits per heavy atom. The van der Waals surface area contributed by atoms with Gasteiger partial charge < -0.3 is 55.5 Å². The highest BCUT2D eigenvalue weighted by atomic mass is 32.2. The number of hydrogen-bond acceptors (Lipinski definition) is 21. The number of carbonyl (C=O) groups is 9. The molecule has 27 nitrogen and oxygen atoms in total. The van der Waals surface area contributed by atoms with Gasteiger partial charge >= 0.3 is 5.97 Å². The number of alkyl halides is 2. The van der Waals surface area contributed by atoms with Crippen molar-refractivity contribution in [1.82, 2.24) is 60.6 Å². The summed E-state index contributed by atoms with van der Waals surface area (Å²) in [5, 5.41) is 32.3. The standard InChI is InChI=1S/C65H91F2N13O14S/c1-4-51-38-65(66,67)43-80(51)60(86)39-71-62(89)53-18-20-69-55-17-16-52(37-54(53)55)94-35-8-22-74-31-33-79(34-32-74)64(91)57(83)42-95-36-21-70-63(90)56(10-5-6-19-68-49(3)72-58(84)11-7-9-50-14-12-48(2)13-15-50)73-59(85)40-75-23-24-76(41-61(87)88)26-28-78(45-93-47-82)30-29-77(27-25-75)44-92-46-81/h1,12-18,20,37,46-47,51,56-57,83H,5-11,19,21-36,38-45H2,2-3H3,(H,70,90)(H,71,89)(H,73,85)(H,87,88)(H,68,72,84)/t51-,56?,57+/m0/s1. The maximum atomic E-state index is 14.0. The van der Waals surface area contributed by atoms with Gasteiger partial charge in [0.05, 0.1) is 55.7 Å². The van der Waals surface area contributed by atoms with Crippen molar-refractivity contribution in [3.8, 4) is 18.1 Å². The first kappa shape index (κ1) is 76.1. The Kier molecular flexibility index (Phi) is 32.4. The predicted molar refractivity (Wildman–Crippen MR) is 351 cm³/mol. The molecule has 3 atom stereocenters. The number of carbonyl (C=O) groups excluding carboxylic acids is 8. The van der Waals surface area contributed by atoms with Crippen molar-refractivity contribution in [2.45, 2.75) is 89.3 Å². The molecule has 6 N–H and O–H groups in total. The number of thioether (sulfide) groups is 1. The van der Waals surface area contributed by atoms with Gasteiger partial charge in [-0.05, 0) is 82.2 Å². The van der Waals surface area contributed by atoms with Crippen LogP contribution in [0, 0.1) is 19.3 Å². The van der Waals surface area contributed by atoms with Gasteiger partial charge in [-0.25, -0.2) is 8.78 Å². The number of carboxylic acid groups (broad SMARTS) is 1. The molecule has 3 aromatic rings. The number of carboxylic acids is 1. The number of piperazine rings is 1. The molecule has 6 amide bonds. The number of aromatic nitrogens is 1. The number of aliphatic carboxylic acids is 1. The van der Waals surface area contributed by atoms with Crippen LogP contribution >= 0.6 is 11.8 Å². The topological polar surface area (TPSA) is 318 Å². The van der Waals surface area contributed by atoms with Gasteiger partial charge in [0.1, 0.15) is 31.4 Å². The Bertz CT molecular complexity index is 3080. The van der Waals surface area contributed by atoms with Crippen LogP contribution < -0.4 is 26.0 Å². The van der Waals surface area contributed by atoms with Crippen LogP contribution in [0.1, 0.15) is 73.4 Å². The van der Waals surface area contributed by atoms with Crippen LogP contribution in [0.5, 0.6) is 5.75 Å². The van der Waals surface area contributed by atoms with Crippen molar-refractivity contribution in [2.24, 2.45) is 4.99 Å². The second kappa shape index (κ2) is 40.5. The highest BCUT2D eigenvalue weighted by Gasteiger charge is 2.46. The fourth-order valence-electron chi connectivity index (χ4n) is 11.1. The Hall–Kier alpha value is -7.92. The zero-order valence-corrected chi connectivity index (χ0v) is 55.1. The van der Waals surface area contributed by atoms with Gasteiger partial charge in [-0.2, -0.15) is 11.8 Å². The number of terminal acetylenes is 1. The number of nitrogens with one attached hydrogen (secondary N) is 4. The quantitative estimate of drug-likeness (QED) is 0.0158. The molecule has 95 heavy (non-hydrogen) atoms. The molecule has 30 heteroatoms. The fraction of sp³-hybridized carbons (Fsp3) is 0.585. The van der Waals surface area contributed by atoms with Gasteiger partial charge in [0, 0.05) is 134 Å². The number of fused-ring (bicyclic) bond motifs is 1. The molecule has 3 saturated heterocycles. The molecule has 3 aliphatic rings. The number of amides is 6. The number of likely N-dealkylation sites (tertiary alicyclic amines) is 1. The molecule has 2 aromatic carbocycles. The average molecular weight is 1350 g/mol. The monoisotopic (exact) mass is 1350 g/mol. The Labute approximate surface area is 557 Å². The Morgan fingerprint density at radius 1 is 0.821 bits per heavy atom. The lowest BCUT2D eigenvalue weighted by Crippen LogP contribution is -2.52. The van der Waals surface area contributed by atoms with Crippen LogP contribution in [0.2, 0.25) is 0 Å². The van der Waals surface area contributed by atoms with Crippen molar-refractivity contribution in [1.29, 1.82) is 0 Å². The number of halogens is 2. The van der Waals surface area contributed by atoms with E-state index in [1.165, 1.54) is 29.6 Å². The van der Waals surface area contributed by atoms with E-state index in [1.807, 2.05) is 33.8 Å². The first-order valence-electron chi connectivity index (χ1n) is 32.1. The molecule has 0 radical (unpaired) electrons. The molecule has 0 saturated carbocycles. The molecule has 3 fully saturated rings. The number of aliphatic hydroxyl groups excluding tert-OH is 1. The van der Waals surface area contributed by atoms with Gasteiger partial charge in [-0.1, -0.05) is 35.7 Å². The van der Waals surface area contributed by atoms with E-state index in [-0.39, 0.29) is 69.8 Å². The maximum Gasteiger partial charge on any atom is 0.317 e. The fourth-order valence-corrected chi connectivity index (χ4v) is 11.8. The number of rotatable bonds is 35. The summed E-state index contributed by atoms with van der Waals surface area (Å²) in [4.78, 5) is 135. The minimum Gasteiger partial charge on any atom is -0.494 e. The van der Waals surface area contributed by atoms with E-state index in [0.717, 1.165) is 16.9 Å². The zero-order chi connectivity index (χ0) is 68.5. The molecule has 0 spiro atoms. The van der Waals surface area contributed by atoms with E-state index >= 15 is 0 Å². The number of ether oxygens (including phenoxy) is 3. The summed E-state index contributed by atoms with van der Waals surface area (Å²) in [5.41, 5.74) is 3.05. The summed E-state index contributed by atoms with van der Waals surface area (Å²) in [7, 11) is 0. The van der Waals surface area contributed by atoms with E-state index in [1.54, 1.807) is 34.9 Å². The number of pyridine rings is 1. The molecule has 0 bridgehead atoms. The third-order valence-corrected chi connectivity index (χ3v) is 17.4. The van der Waals surface area contributed by atoms with Crippen molar-refractivity contribution >= 4 is 82.9 Å². The second-order valence-corrected chi connectivity index (χ2v) is 24.8. The number of aliphatic hydroxyl groups is 1. The van der Waals surface area contributed by atoms with Crippen LogP contribution in [-0.4, -0.2) is 290 Å². The molecule has 3 aliphatic heterocycles. The van der Waals surface area contributed by atoms with Crippen LogP contribution in [0.15, 0.2) is 59.7 Å². The van der Waals surface area contributed by atoms with E-state index in [0.29, 0.717) is 158 Å². The average Bonchev–Trinajstić information content (AvgIpc) is 1.79. The van der Waals surface area contributed by atoms with Crippen LogP contribution in [-0.2, 0) is 54.3 Å². The Balaban J connectivity index is 0.944. The van der Waals surface area contributed by atoms with Crippen molar-refractivity contribution in [2.75, 3.05) is 156 Å². The Morgan fingerprint density at radius 3 is 2.13 bits per heavy atom. The molecule has 6 rings (SSSR count). The summed E-state index contributed by atoms with van der Waals surface area (Å²) in [6, 6.07) is 12.8. The normalized spacial score (nSPS) is 17.9. The summed E-state index contributed by atoms with van der Waals surface area (Å²) in [5.74, 6) is -3.28. The number of unbranched alkanes of at least 4 members (excludes halogenated alkanes) is 1. The number of aryl methyl sites for hydroxylation is 2. The summed E-state index contributed by atoms with van der Waals surface area (Å²) < 4.78 is 44.1.